The van der Waals surface area contributed by atoms with Gasteiger partial charge in [-0.05, 0) is 38.5 Å². The molecule has 1 N–H and O–H groups in total. The molecule has 0 aliphatic carbocycles. The molecule has 0 saturated carbocycles. The molecule has 4 rings (SSSR count). The minimum Gasteiger partial charge on any atom is -0.295 e. The number of carbonyl (C=O) groups is 1. The lowest BCUT2D eigenvalue weighted by Gasteiger charge is -2.26. The Morgan fingerprint density at radius 1 is 0.917 bits per heavy atom. The molecule has 1 aliphatic rings. The van der Waals surface area contributed by atoms with Gasteiger partial charge in [0.25, 0.3) is 5.91 Å². The lowest BCUT2D eigenvalue weighted by atomic mass is 9.98. The van der Waals surface area contributed by atoms with E-state index in [9.17, 15) is 4.79 Å². The van der Waals surface area contributed by atoms with Crippen molar-refractivity contribution in [2.45, 2.75) is 26.8 Å². The minimum atomic E-state index is -0.144. The molecule has 0 radical (unpaired) electrons. The Morgan fingerprint density at radius 3 is 2.12 bits per heavy atom. The second kappa shape index (κ2) is 5.34. The molecule has 1 aliphatic heterocycles. The molecule has 0 saturated heterocycles. The molecule has 120 valence electrons. The maximum absolute atomic E-state index is 13.0. The van der Waals surface area contributed by atoms with Gasteiger partial charge in [0.05, 0.1) is 6.04 Å². The van der Waals surface area contributed by atoms with E-state index in [1.165, 1.54) is 11.1 Å². The zero-order valence-electron chi connectivity index (χ0n) is 14.0. The van der Waals surface area contributed by atoms with Crippen LogP contribution in [0.3, 0.4) is 0 Å². The molecule has 0 spiro atoms. The number of aromatic amines is 1. The number of rotatable bonds is 2. The van der Waals surface area contributed by atoms with Crippen molar-refractivity contribution in [2.24, 2.45) is 0 Å². The number of nitrogens with one attached hydrogen (secondary N) is 1. The molecule has 3 aromatic rings. The highest BCUT2D eigenvalue weighted by molar-refractivity contribution is 6.10. The number of hydrogen-bond acceptors (Lipinski definition) is 2. The molecular weight excluding hydrogens is 298 g/mol. The van der Waals surface area contributed by atoms with Gasteiger partial charge in [0.15, 0.2) is 5.69 Å². The molecule has 1 aromatic heterocycles. The van der Waals surface area contributed by atoms with Crippen molar-refractivity contribution >= 4 is 11.6 Å². The van der Waals surface area contributed by atoms with Crippen molar-refractivity contribution in [2.75, 3.05) is 4.90 Å². The fraction of sp³-hybridized carbons (Fsp3) is 0.200. The maximum atomic E-state index is 13.0. The number of amides is 1. The summed E-state index contributed by atoms with van der Waals surface area (Å²) in [5.41, 5.74) is 6.81. The number of aromatic nitrogens is 2. The highest BCUT2D eigenvalue weighted by Crippen LogP contribution is 2.42. The van der Waals surface area contributed by atoms with E-state index in [0.717, 1.165) is 22.5 Å². The first-order valence-corrected chi connectivity index (χ1v) is 8.08. The quantitative estimate of drug-likeness (QED) is 0.774. The number of anilines is 1. The Labute approximate surface area is 141 Å². The number of carbonyl (C=O) groups excluding carboxylic acids is 1. The van der Waals surface area contributed by atoms with Crippen LogP contribution < -0.4 is 4.90 Å². The number of aryl methyl sites for hydroxylation is 3. The Balaban J connectivity index is 1.89. The monoisotopic (exact) mass is 317 g/mol. The first-order chi connectivity index (χ1) is 11.6. The van der Waals surface area contributed by atoms with Crippen molar-refractivity contribution < 1.29 is 4.79 Å². The van der Waals surface area contributed by atoms with Crippen LogP contribution in [0.2, 0.25) is 0 Å². The largest absolute Gasteiger partial charge is 0.295 e. The van der Waals surface area contributed by atoms with Gasteiger partial charge in [0.2, 0.25) is 0 Å². The zero-order valence-corrected chi connectivity index (χ0v) is 14.0. The van der Waals surface area contributed by atoms with E-state index < -0.39 is 0 Å². The van der Waals surface area contributed by atoms with Gasteiger partial charge in [-0.25, -0.2) is 0 Å². The predicted molar refractivity (Wildman–Crippen MR) is 94.3 cm³/mol. The van der Waals surface area contributed by atoms with Crippen LogP contribution in [0.5, 0.6) is 0 Å². The third-order valence-corrected chi connectivity index (χ3v) is 4.65. The lowest BCUT2D eigenvalue weighted by molar-refractivity contribution is 0.0988. The molecule has 0 fully saturated rings. The van der Waals surface area contributed by atoms with Crippen LogP contribution in [0.4, 0.5) is 5.69 Å². The summed E-state index contributed by atoms with van der Waals surface area (Å²) >= 11 is 0. The van der Waals surface area contributed by atoms with Crippen LogP contribution in [0.25, 0.3) is 0 Å². The summed E-state index contributed by atoms with van der Waals surface area (Å²) in [5.74, 6) is -0.0521. The normalized spacial score (nSPS) is 16.5. The van der Waals surface area contributed by atoms with Crippen molar-refractivity contribution in [1.29, 1.82) is 0 Å². The molecule has 1 atom stereocenters. The molecule has 2 heterocycles. The van der Waals surface area contributed by atoms with Crippen LogP contribution in [0.1, 0.15) is 44.5 Å². The van der Waals surface area contributed by atoms with Crippen molar-refractivity contribution in [3.63, 3.8) is 0 Å². The number of benzene rings is 2. The lowest BCUT2D eigenvalue weighted by Crippen LogP contribution is -2.29. The van der Waals surface area contributed by atoms with E-state index in [0.29, 0.717) is 5.69 Å². The van der Waals surface area contributed by atoms with E-state index >= 15 is 0 Å². The van der Waals surface area contributed by atoms with Gasteiger partial charge in [-0.2, -0.15) is 5.10 Å². The zero-order chi connectivity index (χ0) is 16.8. The van der Waals surface area contributed by atoms with E-state index in [4.69, 9.17) is 0 Å². The first-order valence-electron chi connectivity index (χ1n) is 8.08. The summed E-state index contributed by atoms with van der Waals surface area (Å²) in [6.07, 6.45) is 0. The standard InChI is InChI=1S/C20H19N3O/c1-12-4-8-15(9-5-12)19-17-14(3)21-22-18(17)20(24)23(19)16-10-6-13(2)7-11-16/h4-11,19H,1-3H3,(H,21,22)/t19-/m1/s1. The average Bonchev–Trinajstić information content (AvgIpc) is 3.09. The molecule has 0 unspecified atom stereocenters. The highest BCUT2D eigenvalue weighted by Gasteiger charge is 2.42. The van der Waals surface area contributed by atoms with Gasteiger partial charge < -0.3 is 0 Å². The predicted octanol–water partition coefficient (Wildman–Crippen LogP) is 4.08. The fourth-order valence-corrected chi connectivity index (χ4v) is 3.33. The minimum absolute atomic E-state index is 0.0521. The Kier molecular flexibility index (Phi) is 3.27. The van der Waals surface area contributed by atoms with Gasteiger partial charge in [-0.3, -0.25) is 14.8 Å². The Morgan fingerprint density at radius 2 is 1.50 bits per heavy atom. The van der Waals surface area contributed by atoms with E-state index in [2.05, 4.69) is 41.4 Å². The van der Waals surface area contributed by atoms with E-state index in [1.54, 1.807) is 0 Å². The fourth-order valence-electron chi connectivity index (χ4n) is 3.33. The summed E-state index contributed by atoms with van der Waals surface area (Å²) in [6.45, 7) is 6.08. The van der Waals surface area contributed by atoms with Crippen molar-refractivity contribution in [3.8, 4) is 0 Å². The third-order valence-electron chi connectivity index (χ3n) is 4.65. The second-order valence-electron chi connectivity index (χ2n) is 6.43. The summed E-state index contributed by atoms with van der Waals surface area (Å²) in [5, 5.41) is 7.21. The summed E-state index contributed by atoms with van der Waals surface area (Å²) in [7, 11) is 0. The van der Waals surface area contributed by atoms with Crippen LogP contribution >= 0.6 is 0 Å². The topological polar surface area (TPSA) is 49.0 Å². The molecule has 1 amide bonds. The van der Waals surface area contributed by atoms with Gasteiger partial charge in [-0.1, -0.05) is 47.5 Å². The maximum Gasteiger partial charge on any atom is 0.279 e. The second-order valence-corrected chi connectivity index (χ2v) is 6.43. The van der Waals surface area contributed by atoms with Crippen LogP contribution in [-0.4, -0.2) is 16.1 Å². The van der Waals surface area contributed by atoms with Gasteiger partial charge in [0, 0.05) is 16.9 Å². The molecule has 0 bridgehead atoms. The van der Waals surface area contributed by atoms with E-state index in [1.807, 2.05) is 43.0 Å². The van der Waals surface area contributed by atoms with Gasteiger partial charge in [-0.15, -0.1) is 0 Å². The van der Waals surface area contributed by atoms with Crippen molar-refractivity contribution in [3.05, 3.63) is 82.2 Å². The van der Waals surface area contributed by atoms with Gasteiger partial charge in [0.1, 0.15) is 0 Å². The van der Waals surface area contributed by atoms with Gasteiger partial charge >= 0.3 is 0 Å². The third kappa shape index (κ3) is 2.14. The molecular formula is C20H19N3O. The smallest absolute Gasteiger partial charge is 0.279 e. The van der Waals surface area contributed by atoms with Crippen molar-refractivity contribution in [1.82, 2.24) is 10.2 Å². The summed E-state index contributed by atoms with van der Waals surface area (Å²) in [4.78, 5) is 14.8. The SMILES string of the molecule is Cc1ccc([C@@H]2c3c(n[nH]c3C)C(=O)N2c2ccc(C)cc2)cc1. The number of nitrogens with zero attached hydrogens (tertiary/aromatic N) is 2. The molecule has 4 heteroatoms. The van der Waals surface area contributed by atoms with Crippen LogP contribution in [0, 0.1) is 20.8 Å². The Bertz CT molecular complexity index is 907. The molecule has 2 aromatic carbocycles. The van der Waals surface area contributed by atoms with Crippen LogP contribution in [-0.2, 0) is 0 Å². The number of H-pyrrole nitrogens is 1. The first kappa shape index (κ1) is 14.7. The number of hydrogen-bond donors (Lipinski definition) is 1. The highest BCUT2D eigenvalue weighted by atomic mass is 16.2. The molecule has 24 heavy (non-hydrogen) atoms. The van der Waals surface area contributed by atoms with E-state index in [-0.39, 0.29) is 11.9 Å². The Hall–Kier alpha value is -2.88. The molecule has 4 nitrogen and oxygen atoms in total. The average molecular weight is 317 g/mol. The number of fused-ring (bicyclic) bond motifs is 1. The van der Waals surface area contributed by atoms with Crippen LogP contribution in [0.15, 0.2) is 48.5 Å². The summed E-state index contributed by atoms with van der Waals surface area (Å²) in [6, 6.07) is 16.3. The summed E-state index contributed by atoms with van der Waals surface area (Å²) < 4.78 is 0.